The fourth-order valence-electron chi connectivity index (χ4n) is 2.61. The summed E-state index contributed by atoms with van der Waals surface area (Å²) in [4.78, 5) is 30.6. The quantitative estimate of drug-likeness (QED) is 0.640. The van der Waals surface area contributed by atoms with E-state index in [-0.39, 0.29) is 11.5 Å². The number of carbonyl (C=O) groups is 1. The number of allylic oxidation sites excluding steroid dienone is 2. The molecule has 0 spiro atoms. The monoisotopic (exact) mass is 331 g/mol. The lowest BCUT2D eigenvalue weighted by Crippen LogP contribution is -2.36. The van der Waals surface area contributed by atoms with Crippen LogP contribution in [0.3, 0.4) is 0 Å². The van der Waals surface area contributed by atoms with Gasteiger partial charge in [-0.1, -0.05) is 13.0 Å². The Bertz CT molecular complexity index is 711. The van der Waals surface area contributed by atoms with Crippen molar-refractivity contribution in [3.8, 4) is 0 Å². The van der Waals surface area contributed by atoms with Crippen LogP contribution in [0.5, 0.6) is 0 Å². The highest BCUT2D eigenvalue weighted by molar-refractivity contribution is 6.12. The second-order valence-electron chi connectivity index (χ2n) is 5.85. The molecule has 2 rings (SSSR count). The zero-order valence-corrected chi connectivity index (χ0v) is 14.5. The van der Waals surface area contributed by atoms with Crippen molar-refractivity contribution in [2.45, 2.75) is 20.8 Å². The Labute approximate surface area is 141 Å². The Morgan fingerprint density at radius 3 is 2.79 bits per heavy atom. The Balaban J connectivity index is 2.15. The van der Waals surface area contributed by atoms with Crippen molar-refractivity contribution in [3.05, 3.63) is 40.3 Å². The summed E-state index contributed by atoms with van der Waals surface area (Å²) in [5.41, 5.74) is 0.323. The molecular weight excluding hydrogens is 306 g/mol. The number of carbonyl (C=O) groups excluding carboxylic acids is 1. The Morgan fingerprint density at radius 2 is 2.17 bits per heavy atom. The summed E-state index contributed by atoms with van der Waals surface area (Å²) in [5.74, 6) is 0.823. The van der Waals surface area contributed by atoms with Crippen LogP contribution in [0.25, 0.3) is 5.82 Å². The molecule has 2 heterocycles. The molecule has 1 aliphatic heterocycles. The van der Waals surface area contributed by atoms with Crippen molar-refractivity contribution in [2.24, 2.45) is 10.9 Å². The summed E-state index contributed by atoms with van der Waals surface area (Å²) in [7, 11) is 0. The number of aliphatic imine (C=N–C) groups is 1. The molecule has 1 amide bonds. The molecule has 0 saturated carbocycles. The topological polar surface area (TPSA) is 82.5 Å². The van der Waals surface area contributed by atoms with E-state index >= 15 is 0 Å². The number of nitrogens with zero attached hydrogens (tertiary/aromatic N) is 3. The molecule has 1 saturated heterocycles. The van der Waals surface area contributed by atoms with Gasteiger partial charge in [0.15, 0.2) is 5.82 Å². The molecule has 24 heavy (non-hydrogen) atoms. The van der Waals surface area contributed by atoms with E-state index in [4.69, 9.17) is 0 Å². The molecule has 0 aliphatic carbocycles. The average Bonchev–Trinajstić information content (AvgIpc) is 2.87. The first-order valence-electron chi connectivity index (χ1n) is 8.20. The molecule has 0 aromatic carbocycles. The number of nitrogens with one attached hydrogen (secondary N) is 2. The van der Waals surface area contributed by atoms with Crippen molar-refractivity contribution in [1.29, 1.82) is 0 Å². The van der Waals surface area contributed by atoms with E-state index in [0.29, 0.717) is 23.9 Å². The van der Waals surface area contributed by atoms with Crippen molar-refractivity contribution in [2.75, 3.05) is 26.2 Å². The van der Waals surface area contributed by atoms with E-state index in [2.05, 4.69) is 22.3 Å². The van der Waals surface area contributed by atoms with Crippen LogP contribution in [-0.2, 0) is 4.79 Å². The van der Waals surface area contributed by atoms with E-state index in [1.807, 2.05) is 11.8 Å². The lowest BCUT2D eigenvalue weighted by atomic mass is 10.1. The van der Waals surface area contributed by atoms with Gasteiger partial charge in [-0.2, -0.15) is 0 Å². The molecular formula is C17H25N5O2. The predicted molar refractivity (Wildman–Crippen MR) is 95.9 cm³/mol. The number of amides is 1. The summed E-state index contributed by atoms with van der Waals surface area (Å²) in [5, 5.41) is 6.13. The molecule has 0 bridgehead atoms. The minimum atomic E-state index is -0.193. The largest absolute Gasteiger partial charge is 0.337 e. The van der Waals surface area contributed by atoms with E-state index < -0.39 is 0 Å². The molecule has 1 fully saturated rings. The molecule has 0 radical (unpaired) electrons. The lowest BCUT2D eigenvalue weighted by Gasteiger charge is -2.22. The van der Waals surface area contributed by atoms with E-state index in [1.165, 1.54) is 17.0 Å². The first kappa shape index (κ1) is 17.9. The molecule has 1 aliphatic rings. The molecule has 1 aromatic rings. The van der Waals surface area contributed by atoms with Gasteiger partial charge in [-0.05, 0) is 32.4 Å². The minimum absolute atomic E-state index is 0.0360. The highest BCUT2D eigenvalue weighted by Crippen LogP contribution is 2.09. The lowest BCUT2D eigenvalue weighted by molar-refractivity contribution is -0.126. The average molecular weight is 331 g/mol. The second-order valence-corrected chi connectivity index (χ2v) is 5.85. The van der Waals surface area contributed by atoms with Crippen LogP contribution in [0.4, 0.5) is 0 Å². The molecule has 1 aromatic heterocycles. The summed E-state index contributed by atoms with van der Waals surface area (Å²) in [6.45, 7) is 8.85. The van der Waals surface area contributed by atoms with Crippen LogP contribution in [0.1, 0.15) is 20.8 Å². The third kappa shape index (κ3) is 4.32. The number of aromatic nitrogens is 2. The molecule has 130 valence electrons. The Kier molecular flexibility index (Phi) is 6.31. The van der Waals surface area contributed by atoms with E-state index in [1.54, 1.807) is 25.3 Å². The number of hydrogen-bond donors (Lipinski definition) is 2. The second kappa shape index (κ2) is 8.44. The van der Waals surface area contributed by atoms with Gasteiger partial charge in [-0.15, -0.1) is 0 Å². The molecule has 2 N–H and O–H groups in total. The summed E-state index contributed by atoms with van der Waals surface area (Å²) in [6.07, 6.45) is 6.53. The van der Waals surface area contributed by atoms with Gasteiger partial charge < -0.3 is 10.2 Å². The fourth-order valence-corrected chi connectivity index (χ4v) is 2.61. The van der Waals surface area contributed by atoms with Crippen molar-refractivity contribution < 1.29 is 4.79 Å². The standard InChI is InChI=1S/C17H25N5O2/c1-4-14(17(24)21-9-8-18-10-13(3)12-21)11-19-15(5-2)22-16(23)6-7-20-22/h4-7,11,13,18,20H,8-10,12H2,1-3H3/b14-4+,15-5+,19-11-. The van der Waals surface area contributed by atoms with Crippen LogP contribution in [0.2, 0.25) is 0 Å². The predicted octanol–water partition coefficient (Wildman–Crippen LogP) is 1.08. The third-order valence-corrected chi connectivity index (χ3v) is 3.90. The summed E-state index contributed by atoms with van der Waals surface area (Å²) >= 11 is 0. The number of hydrogen-bond acceptors (Lipinski definition) is 4. The first-order chi connectivity index (χ1) is 11.6. The normalized spacial score (nSPS) is 20.5. The molecule has 1 unspecified atom stereocenters. The van der Waals surface area contributed by atoms with Gasteiger partial charge in [-0.25, -0.2) is 9.67 Å². The van der Waals surface area contributed by atoms with Gasteiger partial charge in [0.25, 0.3) is 11.5 Å². The highest BCUT2D eigenvalue weighted by Gasteiger charge is 2.21. The van der Waals surface area contributed by atoms with Gasteiger partial charge in [0, 0.05) is 38.1 Å². The number of rotatable bonds is 4. The fraction of sp³-hybridized carbons (Fsp3) is 0.471. The highest BCUT2D eigenvalue weighted by atomic mass is 16.2. The molecule has 1 atom stereocenters. The smallest absolute Gasteiger partial charge is 0.272 e. The van der Waals surface area contributed by atoms with E-state index in [0.717, 1.165) is 19.6 Å². The van der Waals surface area contributed by atoms with Gasteiger partial charge in [0.2, 0.25) is 0 Å². The summed E-state index contributed by atoms with van der Waals surface area (Å²) in [6, 6.07) is 1.42. The minimum Gasteiger partial charge on any atom is -0.337 e. The zero-order chi connectivity index (χ0) is 17.5. The van der Waals surface area contributed by atoms with Crippen molar-refractivity contribution >= 4 is 17.9 Å². The van der Waals surface area contributed by atoms with Gasteiger partial charge in [0.05, 0.1) is 5.57 Å². The van der Waals surface area contributed by atoms with Crippen LogP contribution >= 0.6 is 0 Å². The maximum atomic E-state index is 12.7. The van der Waals surface area contributed by atoms with Crippen LogP contribution in [0.15, 0.2) is 39.8 Å². The van der Waals surface area contributed by atoms with Crippen molar-refractivity contribution in [1.82, 2.24) is 20.0 Å². The van der Waals surface area contributed by atoms with E-state index in [9.17, 15) is 9.59 Å². The number of aromatic amines is 1. The SMILES string of the molecule is C\C=C(/C=N\C(=C/C)n1[nH]ccc1=O)C(=O)N1CCNCC(C)C1. The Morgan fingerprint density at radius 1 is 1.38 bits per heavy atom. The third-order valence-electron chi connectivity index (χ3n) is 3.90. The first-order valence-corrected chi connectivity index (χ1v) is 8.20. The maximum absolute atomic E-state index is 12.7. The molecule has 7 heteroatoms. The van der Waals surface area contributed by atoms with Crippen LogP contribution < -0.4 is 10.9 Å². The molecule has 7 nitrogen and oxygen atoms in total. The van der Waals surface area contributed by atoms with Gasteiger partial charge in [0.1, 0.15) is 0 Å². The maximum Gasteiger partial charge on any atom is 0.272 e. The zero-order valence-electron chi connectivity index (χ0n) is 14.5. The van der Waals surface area contributed by atoms with Crippen LogP contribution in [0, 0.1) is 5.92 Å². The van der Waals surface area contributed by atoms with Crippen molar-refractivity contribution in [3.63, 3.8) is 0 Å². The Hall–Kier alpha value is -2.41. The van der Waals surface area contributed by atoms with Gasteiger partial charge in [-0.3, -0.25) is 14.7 Å². The van der Waals surface area contributed by atoms with Crippen LogP contribution in [-0.4, -0.2) is 53.0 Å². The van der Waals surface area contributed by atoms with Gasteiger partial charge >= 0.3 is 0 Å². The number of H-pyrrole nitrogens is 1. The summed E-state index contributed by atoms with van der Waals surface area (Å²) < 4.78 is 1.33.